The summed E-state index contributed by atoms with van der Waals surface area (Å²) in [5.74, 6) is 0.195. The van der Waals surface area contributed by atoms with Gasteiger partial charge in [-0.3, -0.25) is 9.59 Å². The van der Waals surface area contributed by atoms with Crippen LogP contribution >= 0.6 is 22.6 Å². The predicted octanol–water partition coefficient (Wildman–Crippen LogP) is 3.08. The molecule has 0 saturated heterocycles. The van der Waals surface area contributed by atoms with Gasteiger partial charge in [0.05, 0.1) is 17.3 Å². The Hall–Kier alpha value is -1.31. The minimum atomic E-state index is -0.315. The summed E-state index contributed by atoms with van der Waals surface area (Å²) in [4.78, 5) is 22.7. The molecule has 0 unspecified atom stereocenters. The van der Waals surface area contributed by atoms with E-state index >= 15 is 0 Å². The van der Waals surface area contributed by atoms with E-state index in [9.17, 15) is 9.59 Å². The molecule has 1 aromatic carbocycles. The number of hydrogen-bond acceptors (Lipinski definition) is 5. The first kappa shape index (κ1) is 17.7. The van der Waals surface area contributed by atoms with E-state index < -0.39 is 0 Å². The highest BCUT2D eigenvalue weighted by Crippen LogP contribution is 2.22. The molecule has 5 nitrogen and oxygen atoms in total. The third-order valence-corrected chi connectivity index (χ3v) is 3.53. The first-order valence-corrected chi connectivity index (χ1v) is 7.78. The average Bonchev–Trinajstić information content (AvgIpc) is 2.45. The molecule has 0 aliphatic heterocycles. The van der Waals surface area contributed by atoms with Gasteiger partial charge in [-0.15, -0.1) is 0 Å². The van der Waals surface area contributed by atoms with Crippen molar-refractivity contribution in [3.05, 3.63) is 27.3 Å². The van der Waals surface area contributed by atoms with E-state index in [2.05, 4.69) is 22.6 Å². The summed E-state index contributed by atoms with van der Waals surface area (Å²) in [6.07, 6.45) is 0.896. The lowest BCUT2D eigenvalue weighted by atomic mass is 10.2. The molecule has 0 saturated carbocycles. The van der Waals surface area contributed by atoms with Crippen LogP contribution in [0.3, 0.4) is 0 Å². The smallest absolute Gasteiger partial charge is 0.306 e. The van der Waals surface area contributed by atoms with E-state index in [-0.39, 0.29) is 31.4 Å². The number of rotatable bonds is 8. The van der Waals surface area contributed by atoms with Crippen LogP contribution < -0.4 is 4.74 Å². The van der Waals surface area contributed by atoms with Gasteiger partial charge in [-0.05, 0) is 53.6 Å². The van der Waals surface area contributed by atoms with Crippen LogP contribution in [0.1, 0.15) is 31.7 Å². The quantitative estimate of drug-likeness (QED) is 0.491. The van der Waals surface area contributed by atoms with Crippen LogP contribution in [0.15, 0.2) is 18.2 Å². The molecule has 0 spiro atoms. The third-order valence-electron chi connectivity index (χ3n) is 2.68. The van der Waals surface area contributed by atoms with Crippen molar-refractivity contribution in [3.8, 4) is 5.75 Å². The van der Waals surface area contributed by atoms with Gasteiger partial charge in [0.15, 0.2) is 0 Å². The molecule has 0 bridgehead atoms. The molecule has 1 aromatic rings. The van der Waals surface area contributed by atoms with Crippen molar-refractivity contribution in [3.63, 3.8) is 0 Å². The Balaban J connectivity index is 2.30. The normalized spacial score (nSPS) is 10.0. The van der Waals surface area contributed by atoms with Crippen molar-refractivity contribution in [2.45, 2.75) is 32.8 Å². The van der Waals surface area contributed by atoms with E-state index in [0.717, 1.165) is 14.9 Å². The lowest BCUT2D eigenvalue weighted by molar-refractivity contribution is -0.146. The van der Waals surface area contributed by atoms with E-state index in [0.29, 0.717) is 13.0 Å². The monoisotopic (exact) mass is 406 g/mol. The minimum Gasteiger partial charge on any atom is -0.496 e. The van der Waals surface area contributed by atoms with Crippen LogP contribution in [0, 0.1) is 3.57 Å². The fraction of sp³-hybridized carbons (Fsp3) is 0.467. The summed E-state index contributed by atoms with van der Waals surface area (Å²) in [5.41, 5.74) is 0.902. The molecule has 0 N–H and O–H groups in total. The molecule has 116 valence electrons. The van der Waals surface area contributed by atoms with Crippen molar-refractivity contribution in [1.29, 1.82) is 0 Å². The maximum Gasteiger partial charge on any atom is 0.306 e. The number of ether oxygens (including phenoxy) is 3. The second-order valence-electron chi connectivity index (χ2n) is 4.29. The van der Waals surface area contributed by atoms with E-state index in [1.807, 2.05) is 18.2 Å². The van der Waals surface area contributed by atoms with E-state index in [4.69, 9.17) is 14.2 Å². The Morgan fingerprint density at radius 3 is 2.38 bits per heavy atom. The molecule has 1 rings (SSSR count). The van der Waals surface area contributed by atoms with Crippen LogP contribution in [0.5, 0.6) is 5.75 Å². The zero-order chi connectivity index (χ0) is 15.7. The summed E-state index contributed by atoms with van der Waals surface area (Å²) in [5, 5.41) is 0. The highest BCUT2D eigenvalue weighted by atomic mass is 127. The van der Waals surface area contributed by atoms with Crippen LogP contribution in [0.4, 0.5) is 0 Å². The molecule has 0 fully saturated rings. The average molecular weight is 406 g/mol. The first-order chi connectivity index (χ1) is 10.1. The van der Waals surface area contributed by atoms with Crippen molar-refractivity contribution in [2.75, 3.05) is 13.7 Å². The molecular formula is C15H19IO5. The highest BCUT2D eigenvalue weighted by molar-refractivity contribution is 14.1. The molecule has 0 amide bonds. The highest BCUT2D eigenvalue weighted by Gasteiger charge is 2.08. The van der Waals surface area contributed by atoms with Gasteiger partial charge < -0.3 is 14.2 Å². The number of carbonyl (C=O) groups excluding carboxylic acids is 2. The van der Waals surface area contributed by atoms with E-state index in [1.165, 1.54) is 0 Å². The molecule has 21 heavy (non-hydrogen) atoms. The van der Waals surface area contributed by atoms with Gasteiger partial charge >= 0.3 is 11.9 Å². The number of halogens is 1. The van der Waals surface area contributed by atoms with Gasteiger partial charge in [-0.2, -0.15) is 0 Å². The Morgan fingerprint density at radius 2 is 1.81 bits per heavy atom. The Bertz CT molecular complexity index is 487. The summed E-state index contributed by atoms with van der Waals surface area (Å²) < 4.78 is 16.1. The summed E-state index contributed by atoms with van der Waals surface area (Å²) in [6.45, 7) is 2.33. The van der Waals surface area contributed by atoms with Gasteiger partial charge in [0.25, 0.3) is 0 Å². The third kappa shape index (κ3) is 6.79. The standard InChI is InChI=1S/C15H19IO5/c1-3-20-14(17)5-4-6-15(18)21-10-11-7-8-13(19-2)12(16)9-11/h7-9H,3-6,10H2,1-2H3. The predicted molar refractivity (Wildman–Crippen MR) is 86.0 cm³/mol. The van der Waals surface area contributed by atoms with Crippen LogP contribution in [0.25, 0.3) is 0 Å². The second kappa shape index (κ2) is 9.59. The van der Waals surface area contributed by atoms with Crippen LogP contribution in [-0.4, -0.2) is 25.7 Å². The summed E-state index contributed by atoms with van der Waals surface area (Å²) >= 11 is 2.16. The fourth-order valence-electron chi connectivity index (χ4n) is 1.65. The fourth-order valence-corrected chi connectivity index (χ4v) is 2.45. The molecule has 6 heteroatoms. The van der Waals surface area contributed by atoms with Gasteiger partial charge in [0, 0.05) is 12.8 Å². The van der Waals surface area contributed by atoms with Crippen molar-refractivity contribution in [1.82, 2.24) is 0 Å². The Morgan fingerprint density at radius 1 is 1.14 bits per heavy atom. The minimum absolute atomic E-state index is 0.214. The topological polar surface area (TPSA) is 61.8 Å². The number of methoxy groups -OCH3 is 1. The van der Waals surface area contributed by atoms with Crippen LogP contribution in [-0.2, 0) is 25.7 Å². The van der Waals surface area contributed by atoms with Gasteiger partial charge in [0.1, 0.15) is 12.4 Å². The molecular weight excluding hydrogens is 387 g/mol. The summed E-state index contributed by atoms with van der Waals surface area (Å²) in [7, 11) is 1.61. The molecule has 0 atom stereocenters. The zero-order valence-electron chi connectivity index (χ0n) is 12.2. The van der Waals surface area contributed by atoms with Crippen LogP contribution in [0.2, 0.25) is 0 Å². The molecule has 0 aromatic heterocycles. The molecule has 0 radical (unpaired) electrons. The number of carbonyl (C=O) groups is 2. The van der Waals surface area contributed by atoms with Crippen molar-refractivity contribution < 1.29 is 23.8 Å². The van der Waals surface area contributed by atoms with Gasteiger partial charge in [-0.25, -0.2) is 0 Å². The second-order valence-corrected chi connectivity index (χ2v) is 5.45. The SMILES string of the molecule is CCOC(=O)CCCC(=O)OCc1ccc(OC)c(I)c1. The molecule has 0 heterocycles. The lowest BCUT2D eigenvalue weighted by Gasteiger charge is -2.07. The van der Waals surface area contributed by atoms with Gasteiger partial charge in [-0.1, -0.05) is 6.07 Å². The van der Waals surface area contributed by atoms with Crippen molar-refractivity contribution >= 4 is 34.5 Å². The Kier molecular flexibility index (Phi) is 8.11. The lowest BCUT2D eigenvalue weighted by Crippen LogP contribution is -2.08. The Labute approximate surface area is 138 Å². The molecule has 0 aliphatic carbocycles. The largest absolute Gasteiger partial charge is 0.496 e. The summed E-state index contributed by atoms with van der Waals surface area (Å²) in [6, 6.07) is 5.60. The first-order valence-electron chi connectivity index (χ1n) is 6.70. The number of hydrogen-bond donors (Lipinski definition) is 0. The maximum atomic E-state index is 11.6. The zero-order valence-corrected chi connectivity index (χ0v) is 14.3. The van der Waals surface area contributed by atoms with Crippen molar-refractivity contribution in [2.24, 2.45) is 0 Å². The molecule has 0 aliphatic rings. The van der Waals surface area contributed by atoms with Gasteiger partial charge in [0.2, 0.25) is 0 Å². The number of benzene rings is 1. The maximum absolute atomic E-state index is 11.6. The number of esters is 2. The van der Waals surface area contributed by atoms with E-state index in [1.54, 1.807) is 14.0 Å².